The number of anilines is 4. The molecule has 4 aliphatic rings. The fourth-order valence-corrected chi connectivity index (χ4v) is 7.05. The molecule has 2 fully saturated rings. The number of nitrogens with one attached hydrogen (secondary N) is 1. The van der Waals surface area contributed by atoms with Gasteiger partial charge >= 0.3 is 24.1 Å². The second kappa shape index (κ2) is 23.2. The zero-order valence-electron chi connectivity index (χ0n) is 35.7. The summed E-state index contributed by atoms with van der Waals surface area (Å²) in [5, 5.41) is 9.27. The van der Waals surface area contributed by atoms with Crippen LogP contribution < -0.4 is 25.0 Å². The number of carbonyl (C=O) groups excluding carboxylic acids is 5. The average molecular weight is 956 g/mol. The standard InChI is InChI=1S/C22H22FN5O5.C21H22FN5O4.2ClH/c1-32-21(30)7-4-17-12-28(22(31)33-17)16-3-5-18(19(23)10-16)15-2-6-20(24-11-15)26-8-9-27(14-29)25-13-26;1-30-20(28)7-4-16-12-27(21(29)31-16)15-3-5-17(18(22)10-15)14-2-6-19(23-11-14)26-9-8-24-25-13-26;;/h2-3,5-6,10-11,13-14,17H,4,7-9,12H2,1H3;2-3,5-6,10-11,13,16,24H,4,7-9,12H2,1H3;2*1H/t17-;16-;;/m00../s1. The molecule has 2 aromatic carbocycles. The number of pyridine rings is 2. The number of carbonyl (C=O) groups is 5. The Morgan fingerprint density at radius 3 is 1.61 bits per heavy atom. The molecular weight excluding hydrogens is 909 g/mol. The Bertz CT molecular complexity index is 2420. The molecule has 23 heteroatoms. The Kier molecular flexibility index (Phi) is 17.5. The third-order valence-corrected chi connectivity index (χ3v) is 10.6. The number of cyclic esters (lactones) is 2. The lowest BCUT2D eigenvalue weighted by Crippen LogP contribution is -2.37. The van der Waals surface area contributed by atoms with Crippen molar-refractivity contribution in [1.29, 1.82) is 0 Å². The van der Waals surface area contributed by atoms with Gasteiger partial charge in [0, 0.05) is 60.6 Å². The van der Waals surface area contributed by atoms with Gasteiger partial charge in [-0.15, -0.1) is 24.8 Å². The van der Waals surface area contributed by atoms with Gasteiger partial charge in [-0.25, -0.2) is 33.3 Å². The molecule has 1 N–H and O–H groups in total. The molecule has 4 aliphatic heterocycles. The molecule has 0 radical (unpaired) electrons. The molecule has 4 aromatic rings. The molecule has 2 saturated heterocycles. The first kappa shape index (κ1) is 49.9. The molecule has 350 valence electrons. The Hall–Kier alpha value is -7.13. The molecule has 2 aromatic heterocycles. The summed E-state index contributed by atoms with van der Waals surface area (Å²) in [6.45, 7) is 2.93. The molecular formula is C43H46Cl2F2N10O9. The van der Waals surface area contributed by atoms with Crippen LogP contribution in [-0.4, -0.2) is 124 Å². The summed E-state index contributed by atoms with van der Waals surface area (Å²) in [5.74, 6) is -0.369. The normalized spacial score (nSPS) is 17.4. The van der Waals surface area contributed by atoms with Gasteiger partial charge in [0.1, 0.15) is 48.2 Å². The Morgan fingerprint density at radius 1 is 0.727 bits per heavy atom. The van der Waals surface area contributed by atoms with E-state index in [-0.39, 0.29) is 62.7 Å². The van der Waals surface area contributed by atoms with E-state index in [4.69, 9.17) is 9.47 Å². The summed E-state index contributed by atoms with van der Waals surface area (Å²) < 4.78 is 49.5. The highest BCUT2D eigenvalue weighted by atomic mass is 35.5. The number of nitrogens with zero attached hydrogens (tertiary/aromatic N) is 9. The predicted molar refractivity (Wildman–Crippen MR) is 244 cm³/mol. The van der Waals surface area contributed by atoms with Crippen molar-refractivity contribution in [3.05, 3.63) is 84.7 Å². The minimum absolute atomic E-state index is 0. The highest BCUT2D eigenvalue weighted by molar-refractivity contribution is 5.91. The summed E-state index contributed by atoms with van der Waals surface area (Å²) >= 11 is 0. The third kappa shape index (κ3) is 12.2. The molecule has 3 amide bonds. The lowest BCUT2D eigenvalue weighted by molar-refractivity contribution is -0.142. The maximum atomic E-state index is 14.9. The molecule has 6 heterocycles. The molecule has 0 unspecified atom stereocenters. The van der Waals surface area contributed by atoms with Crippen molar-refractivity contribution in [2.24, 2.45) is 10.2 Å². The van der Waals surface area contributed by atoms with E-state index in [2.05, 4.69) is 35.1 Å². The van der Waals surface area contributed by atoms with Crippen LogP contribution in [-0.2, 0) is 33.3 Å². The van der Waals surface area contributed by atoms with Gasteiger partial charge in [0.2, 0.25) is 6.41 Å². The zero-order valence-corrected chi connectivity index (χ0v) is 37.3. The van der Waals surface area contributed by atoms with E-state index in [0.29, 0.717) is 71.8 Å². The van der Waals surface area contributed by atoms with E-state index in [9.17, 15) is 32.8 Å². The molecule has 19 nitrogen and oxygen atoms in total. The van der Waals surface area contributed by atoms with Crippen LogP contribution in [0.3, 0.4) is 0 Å². The van der Waals surface area contributed by atoms with Crippen molar-refractivity contribution in [3.63, 3.8) is 0 Å². The molecule has 66 heavy (non-hydrogen) atoms. The van der Waals surface area contributed by atoms with Gasteiger partial charge in [-0.1, -0.05) is 0 Å². The molecule has 0 saturated carbocycles. The predicted octanol–water partition coefficient (Wildman–Crippen LogP) is 5.75. The van der Waals surface area contributed by atoms with Crippen LogP contribution in [0.5, 0.6) is 0 Å². The van der Waals surface area contributed by atoms with Crippen LogP contribution >= 0.6 is 24.8 Å². The lowest BCUT2D eigenvalue weighted by atomic mass is 10.1. The first-order chi connectivity index (χ1) is 31.0. The van der Waals surface area contributed by atoms with E-state index < -0.39 is 36.0 Å². The van der Waals surface area contributed by atoms with Crippen LogP contribution in [0.4, 0.5) is 41.4 Å². The topological polar surface area (TPSA) is 201 Å². The minimum Gasteiger partial charge on any atom is -0.469 e. The summed E-state index contributed by atoms with van der Waals surface area (Å²) in [6, 6.07) is 16.2. The molecule has 2 atom stereocenters. The van der Waals surface area contributed by atoms with E-state index in [1.54, 1.807) is 66.1 Å². The zero-order chi connectivity index (χ0) is 45.2. The van der Waals surface area contributed by atoms with E-state index in [1.807, 2.05) is 11.0 Å². The number of benzene rings is 2. The second-order valence-corrected chi connectivity index (χ2v) is 14.6. The lowest BCUT2D eigenvalue weighted by Gasteiger charge is -2.25. The van der Waals surface area contributed by atoms with Gasteiger partial charge in [0.15, 0.2) is 0 Å². The number of ether oxygens (including phenoxy) is 4. The Morgan fingerprint density at radius 2 is 1.23 bits per heavy atom. The van der Waals surface area contributed by atoms with Crippen LogP contribution in [0.15, 0.2) is 83.3 Å². The largest absolute Gasteiger partial charge is 0.469 e. The first-order valence-corrected chi connectivity index (χ1v) is 20.2. The molecule has 8 rings (SSSR count). The second-order valence-electron chi connectivity index (χ2n) is 14.6. The highest BCUT2D eigenvalue weighted by Crippen LogP contribution is 2.32. The monoisotopic (exact) mass is 954 g/mol. The summed E-state index contributed by atoms with van der Waals surface area (Å²) in [5.41, 5.74) is 5.56. The first-order valence-electron chi connectivity index (χ1n) is 20.2. The number of methoxy groups -OCH3 is 2. The summed E-state index contributed by atoms with van der Waals surface area (Å²) in [4.78, 5) is 72.9. The Balaban J connectivity index is 0.000000241. The van der Waals surface area contributed by atoms with Crippen molar-refractivity contribution >= 4 is 91.0 Å². The fraction of sp³-hybridized carbons (Fsp3) is 0.326. The van der Waals surface area contributed by atoms with Gasteiger partial charge in [-0.3, -0.25) is 24.2 Å². The van der Waals surface area contributed by atoms with Crippen molar-refractivity contribution in [2.45, 2.75) is 37.9 Å². The van der Waals surface area contributed by atoms with Gasteiger partial charge in [-0.05, 0) is 73.5 Å². The number of amides is 3. The maximum absolute atomic E-state index is 14.9. The van der Waals surface area contributed by atoms with E-state index in [1.165, 1.54) is 47.5 Å². The number of hydrazone groups is 2. The number of hydrogen-bond acceptors (Lipinski definition) is 16. The van der Waals surface area contributed by atoms with Crippen LogP contribution in [0.25, 0.3) is 22.3 Å². The summed E-state index contributed by atoms with van der Waals surface area (Å²) in [6.07, 6.45) is 5.91. The van der Waals surface area contributed by atoms with E-state index >= 15 is 0 Å². The van der Waals surface area contributed by atoms with Crippen molar-refractivity contribution in [3.8, 4) is 22.3 Å². The van der Waals surface area contributed by atoms with Crippen LogP contribution in [0.2, 0.25) is 0 Å². The number of esters is 2. The van der Waals surface area contributed by atoms with Gasteiger partial charge in [-0.2, -0.15) is 10.2 Å². The fourth-order valence-electron chi connectivity index (χ4n) is 7.05. The third-order valence-electron chi connectivity index (χ3n) is 10.6. The maximum Gasteiger partial charge on any atom is 0.414 e. The van der Waals surface area contributed by atoms with Crippen molar-refractivity contribution < 1.29 is 51.7 Å². The van der Waals surface area contributed by atoms with Gasteiger partial charge < -0.3 is 34.2 Å². The number of hydrogen-bond donors (Lipinski definition) is 1. The minimum atomic E-state index is -0.584. The number of rotatable bonds is 13. The SMILES string of the molecule is COC(=O)CC[C@H]1CN(c2ccc(-c3ccc(N4C=NN(C=O)CC4)nc3)c(F)c2)C(=O)O1.COC(=O)CC[C@H]1CN(c2ccc(-c3ccc(N4C=NNCC4)nc3)c(F)c2)C(=O)O1.Cl.Cl. The molecule has 0 aliphatic carbocycles. The van der Waals surface area contributed by atoms with E-state index in [0.717, 1.165) is 18.9 Å². The quantitative estimate of drug-likeness (QED) is 0.0965. The molecule has 0 bridgehead atoms. The average Bonchev–Trinajstić information content (AvgIpc) is 3.91. The van der Waals surface area contributed by atoms with Crippen LogP contribution in [0, 0.1) is 11.6 Å². The smallest absolute Gasteiger partial charge is 0.414 e. The van der Waals surface area contributed by atoms with Crippen molar-refractivity contribution in [1.82, 2.24) is 20.4 Å². The summed E-state index contributed by atoms with van der Waals surface area (Å²) in [7, 11) is 2.61. The van der Waals surface area contributed by atoms with Gasteiger partial charge in [0.05, 0.1) is 51.8 Å². The number of halogens is 4. The Labute approximate surface area is 390 Å². The van der Waals surface area contributed by atoms with Crippen LogP contribution in [0.1, 0.15) is 25.7 Å². The van der Waals surface area contributed by atoms with Crippen molar-refractivity contribution in [2.75, 3.05) is 73.1 Å². The molecule has 0 spiro atoms. The number of aromatic nitrogens is 2. The highest BCUT2D eigenvalue weighted by Gasteiger charge is 2.34. The van der Waals surface area contributed by atoms with Gasteiger partial charge in [0.25, 0.3) is 0 Å².